The molecule has 1 fully saturated rings. The number of thiazole rings is 1. The monoisotopic (exact) mass is 312 g/mol. The van der Waals surface area contributed by atoms with E-state index in [1.54, 1.807) is 22.4 Å². The standard InChI is InChI=1S/C15H24N2O3S/c1-11(13-16-6-8-21-13)19-10-12-5-7-17(9-12)14(18)20-15(2,3)4/h6,8,11-12H,5,7,9-10H2,1-4H3. The van der Waals surface area contributed by atoms with Crippen molar-refractivity contribution in [1.82, 2.24) is 9.88 Å². The Morgan fingerprint density at radius 1 is 1.57 bits per heavy atom. The van der Waals surface area contributed by atoms with E-state index in [-0.39, 0.29) is 12.2 Å². The summed E-state index contributed by atoms with van der Waals surface area (Å²) in [5.41, 5.74) is -0.439. The summed E-state index contributed by atoms with van der Waals surface area (Å²) in [6.45, 7) is 9.78. The van der Waals surface area contributed by atoms with Gasteiger partial charge in [0.05, 0.1) is 6.61 Å². The Balaban J connectivity index is 1.74. The lowest BCUT2D eigenvalue weighted by Gasteiger charge is -2.24. The first kappa shape index (κ1) is 16.2. The molecule has 2 unspecified atom stereocenters. The van der Waals surface area contributed by atoms with E-state index in [0.29, 0.717) is 19.1 Å². The Labute approximate surface area is 130 Å². The molecule has 2 atom stereocenters. The van der Waals surface area contributed by atoms with Gasteiger partial charge in [-0.05, 0) is 34.1 Å². The smallest absolute Gasteiger partial charge is 0.410 e. The molecule has 118 valence electrons. The Bertz CT molecular complexity index is 456. The Morgan fingerprint density at radius 3 is 2.95 bits per heavy atom. The minimum Gasteiger partial charge on any atom is -0.444 e. The predicted molar refractivity (Wildman–Crippen MR) is 82.4 cm³/mol. The fourth-order valence-electron chi connectivity index (χ4n) is 2.25. The van der Waals surface area contributed by atoms with Crippen molar-refractivity contribution >= 4 is 17.4 Å². The molecule has 0 spiro atoms. The average Bonchev–Trinajstić information content (AvgIpc) is 3.05. The first-order valence-electron chi connectivity index (χ1n) is 7.34. The summed E-state index contributed by atoms with van der Waals surface area (Å²) in [4.78, 5) is 18.0. The van der Waals surface area contributed by atoms with Crippen LogP contribution in [0.4, 0.5) is 4.79 Å². The number of hydrogen-bond donors (Lipinski definition) is 0. The van der Waals surface area contributed by atoms with Crippen LogP contribution in [0.2, 0.25) is 0 Å². The van der Waals surface area contributed by atoms with E-state index >= 15 is 0 Å². The van der Waals surface area contributed by atoms with Crippen molar-refractivity contribution in [3.8, 4) is 0 Å². The highest BCUT2D eigenvalue weighted by molar-refractivity contribution is 7.09. The number of nitrogens with zero attached hydrogens (tertiary/aromatic N) is 2. The van der Waals surface area contributed by atoms with Crippen LogP contribution in [0.25, 0.3) is 0 Å². The molecule has 1 aliphatic heterocycles. The highest BCUT2D eigenvalue weighted by Crippen LogP contribution is 2.24. The maximum atomic E-state index is 12.0. The van der Waals surface area contributed by atoms with Crippen LogP contribution >= 0.6 is 11.3 Å². The van der Waals surface area contributed by atoms with Crippen LogP contribution in [-0.2, 0) is 9.47 Å². The van der Waals surface area contributed by atoms with E-state index in [4.69, 9.17) is 9.47 Å². The highest BCUT2D eigenvalue weighted by atomic mass is 32.1. The summed E-state index contributed by atoms with van der Waals surface area (Å²) >= 11 is 1.60. The van der Waals surface area contributed by atoms with Gasteiger partial charge in [-0.15, -0.1) is 11.3 Å². The van der Waals surface area contributed by atoms with Crippen molar-refractivity contribution in [1.29, 1.82) is 0 Å². The second-order valence-electron chi connectivity index (χ2n) is 6.43. The largest absolute Gasteiger partial charge is 0.444 e. The molecule has 5 nitrogen and oxygen atoms in total. The number of likely N-dealkylation sites (tertiary alicyclic amines) is 1. The molecule has 1 aliphatic rings. The minimum atomic E-state index is -0.439. The third kappa shape index (κ3) is 4.97. The molecule has 0 N–H and O–H groups in total. The fraction of sp³-hybridized carbons (Fsp3) is 0.733. The van der Waals surface area contributed by atoms with Gasteiger partial charge in [-0.2, -0.15) is 0 Å². The normalized spacial score (nSPS) is 20.6. The molecule has 0 radical (unpaired) electrons. The van der Waals surface area contributed by atoms with Crippen molar-refractivity contribution in [2.24, 2.45) is 5.92 Å². The molecular formula is C15H24N2O3S. The maximum Gasteiger partial charge on any atom is 0.410 e. The summed E-state index contributed by atoms with van der Waals surface area (Å²) < 4.78 is 11.3. The molecule has 2 heterocycles. The Hall–Kier alpha value is -1.14. The van der Waals surface area contributed by atoms with Crippen LogP contribution in [0.3, 0.4) is 0 Å². The van der Waals surface area contributed by atoms with E-state index in [2.05, 4.69) is 4.98 Å². The van der Waals surface area contributed by atoms with Crippen molar-refractivity contribution in [2.75, 3.05) is 19.7 Å². The zero-order chi connectivity index (χ0) is 15.5. The third-order valence-corrected chi connectivity index (χ3v) is 4.26. The molecule has 0 aliphatic carbocycles. The SMILES string of the molecule is CC(OCC1CCN(C(=O)OC(C)(C)C)C1)c1nccs1. The van der Waals surface area contributed by atoms with Gasteiger partial charge < -0.3 is 14.4 Å². The van der Waals surface area contributed by atoms with E-state index in [0.717, 1.165) is 18.0 Å². The topological polar surface area (TPSA) is 51.7 Å². The number of amides is 1. The van der Waals surface area contributed by atoms with Gasteiger partial charge in [-0.3, -0.25) is 0 Å². The number of carbonyl (C=O) groups excluding carboxylic acids is 1. The van der Waals surface area contributed by atoms with Crippen LogP contribution < -0.4 is 0 Å². The van der Waals surface area contributed by atoms with Crippen molar-refractivity contribution < 1.29 is 14.3 Å². The van der Waals surface area contributed by atoms with Crippen molar-refractivity contribution in [2.45, 2.75) is 45.8 Å². The molecule has 6 heteroatoms. The van der Waals surface area contributed by atoms with Gasteiger partial charge in [0.25, 0.3) is 0 Å². The lowest BCUT2D eigenvalue weighted by Crippen LogP contribution is -2.35. The molecule has 0 bridgehead atoms. The molecule has 1 saturated heterocycles. The highest BCUT2D eigenvalue weighted by Gasteiger charge is 2.30. The van der Waals surface area contributed by atoms with Gasteiger partial charge in [0.15, 0.2) is 0 Å². The summed E-state index contributed by atoms with van der Waals surface area (Å²) in [5, 5.41) is 2.95. The van der Waals surface area contributed by atoms with Crippen LogP contribution in [0.5, 0.6) is 0 Å². The predicted octanol–water partition coefficient (Wildman–Crippen LogP) is 3.48. The summed E-state index contributed by atoms with van der Waals surface area (Å²) in [6, 6.07) is 0. The van der Waals surface area contributed by atoms with Crippen molar-refractivity contribution in [3.05, 3.63) is 16.6 Å². The van der Waals surface area contributed by atoms with Gasteiger partial charge in [-0.25, -0.2) is 9.78 Å². The van der Waals surface area contributed by atoms with Gasteiger partial charge in [-0.1, -0.05) is 0 Å². The lowest BCUT2D eigenvalue weighted by atomic mass is 10.1. The molecule has 1 amide bonds. The molecule has 2 rings (SSSR count). The summed E-state index contributed by atoms with van der Waals surface area (Å²) in [7, 11) is 0. The molecule has 1 aromatic heterocycles. The average molecular weight is 312 g/mol. The second kappa shape index (κ2) is 6.75. The summed E-state index contributed by atoms with van der Waals surface area (Å²) in [6.07, 6.45) is 2.54. The fourth-order valence-corrected chi connectivity index (χ4v) is 2.89. The molecule has 21 heavy (non-hydrogen) atoms. The third-order valence-electron chi connectivity index (χ3n) is 3.32. The van der Waals surface area contributed by atoms with Crippen molar-refractivity contribution in [3.63, 3.8) is 0 Å². The second-order valence-corrected chi connectivity index (χ2v) is 7.35. The molecule has 0 saturated carbocycles. The Kier molecular flexibility index (Phi) is 5.22. The first-order valence-corrected chi connectivity index (χ1v) is 8.22. The summed E-state index contributed by atoms with van der Waals surface area (Å²) in [5.74, 6) is 0.375. The number of ether oxygens (including phenoxy) is 2. The molecular weight excluding hydrogens is 288 g/mol. The van der Waals surface area contributed by atoms with Crippen LogP contribution in [0, 0.1) is 5.92 Å². The van der Waals surface area contributed by atoms with E-state index in [1.165, 1.54) is 0 Å². The van der Waals surface area contributed by atoms with E-state index in [1.807, 2.05) is 33.1 Å². The number of carbonyl (C=O) groups is 1. The quantitative estimate of drug-likeness (QED) is 0.854. The van der Waals surface area contributed by atoms with Gasteiger partial charge in [0, 0.05) is 30.6 Å². The maximum absolute atomic E-state index is 12.0. The number of hydrogen-bond acceptors (Lipinski definition) is 5. The van der Waals surface area contributed by atoms with E-state index < -0.39 is 5.60 Å². The number of aromatic nitrogens is 1. The van der Waals surface area contributed by atoms with Gasteiger partial charge >= 0.3 is 6.09 Å². The zero-order valence-corrected chi connectivity index (χ0v) is 14.0. The molecule has 1 aromatic rings. The van der Waals surface area contributed by atoms with E-state index in [9.17, 15) is 4.79 Å². The molecule has 0 aromatic carbocycles. The van der Waals surface area contributed by atoms with Gasteiger partial charge in [0.2, 0.25) is 0 Å². The van der Waals surface area contributed by atoms with Crippen LogP contribution in [0.15, 0.2) is 11.6 Å². The first-order chi connectivity index (χ1) is 9.85. The van der Waals surface area contributed by atoms with Crippen LogP contribution in [-0.4, -0.2) is 41.3 Å². The zero-order valence-electron chi connectivity index (χ0n) is 13.2. The lowest BCUT2D eigenvalue weighted by molar-refractivity contribution is 0.0234. The van der Waals surface area contributed by atoms with Gasteiger partial charge in [0.1, 0.15) is 16.7 Å². The Morgan fingerprint density at radius 2 is 2.33 bits per heavy atom. The van der Waals surface area contributed by atoms with Crippen LogP contribution in [0.1, 0.15) is 45.2 Å². The number of rotatable bonds is 4. The minimum absolute atomic E-state index is 0.0144.